The van der Waals surface area contributed by atoms with Crippen molar-refractivity contribution in [2.75, 3.05) is 54.8 Å². The van der Waals surface area contributed by atoms with E-state index in [0.717, 1.165) is 12.1 Å². The van der Waals surface area contributed by atoms with Crippen LogP contribution in [0.4, 0.5) is 35.0 Å². The number of carbonyl (C=O) groups is 3. The fraction of sp³-hybridized carbons (Fsp3) is 0.300. The zero-order chi connectivity index (χ0) is 30.4. The highest BCUT2D eigenvalue weighted by Gasteiger charge is 2.31. The van der Waals surface area contributed by atoms with Crippen molar-refractivity contribution < 1.29 is 27.6 Å². The quantitative estimate of drug-likeness (QED) is 0.326. The van der Waals surface area contributed by atoms with E-state index in [4.69, 9.17) is 11.6 Å². The number of urea groups is 1. The molecule has 0 unspecified atom stereocenters. The normalized spacial score (nSPS) is 13.5. The predicted octanol–water partition coefficient (Wildman–Crippen LogP) is 6.45. The van der Waals surface area contributed by atoms with E-state index >= 15 is 0 Å². The number of anilines is 3. The van der Waals surface area contributed by atoms with Crippen molar-refractivity contribution in [2.24, 2.45) is 0 Å². The molecule has 1 aliphatic heterocycles. The van der Waals surface area contributed by atoms with Gasteiger partial charge in [0.2, 0.25) is 0 Å². The molecule has 2 N–H and O–H groups in total. The molecule has 222 valence electrons. The topological polar surface area (TPSA) is 85.0 Å². The Bertz CT molecular complexity index is 1450. The lowest BCUT2D eigenvalue weighted by Crippen LogP contribution is -2.50. The van der Waals surface area contributed by atoms with Crippen molar-refractivity contribution in [3.8, 4) is 0 Å². The number of nitrogens with one attached hydrogen (secondary N) is 2. The highest BCUT2D eigenvalue weighted by atomic mass is 35.5. The van der Waals surface area contributed by atoms with Gasteiger partial charge in [-0.2, -0.15) is 13.2 Å². The van der Waals surface area contributed by atoms with Crippen LogP contribution in [-0.2, 0) is 6.18 Å². The van der Waals surface area contributed by atoms with Crippen LogP contribution in [0, 0.1) is 0 Å². The van der Waals surface area contributed by atoms with E-state index in [9.17, 15) is 27.6 Å². The maximum Gasteiger partial charge on any atom is 0.416 e. The van der Waals surface area contributed by atoms with Gasteiger partial charge in [0.1, 0.15) is 0 Å². The molecule has 0 aliphatic carbocycles. The molecule has 0 aromatic heterocycles. The summed E-state index contributed by atoms with van der Waals surface area (Å²) in [6, 6.07) is 15.7. The molecular formula is C30H31ClF3N5O3. The lowest BCUT2D eigenvalue weighted by atomic mass is 10.1. The van der Waals surface area contributed by atoms with E-state index in [-0.39, 0.29) is 24.7 Å². The van der Waals surface area contributed by atoms with Gasteiger partial charge in [-0.05, 0) is 62.4 Å². The van der Waals surface area contributed by atoms with Crippen LogP contribution in [0.2, 0.25) is 5.02 Å². The Hall–Kier alpha value is -4.25. The van der Waals surface area contributed by atoms with Gasteiger partial charge in [0.15, 0.2) is 0 Å². The summed E-state index contributed by atoms with van der Waals surface area (Å²) in [5, 5.41) is 5.66. The monoisotopic (exact) mass is 601 g/mol. The van der Waals surface area contributed by atoms with E-state index in [1.54, 1.807) is 47.4 Å². The fourth-order valence-electron chi connectivity index (χ4n) is 4.71. The van der Waals surface area contributed by atoms with Gasteiger partial charge in [-0.1, -0.05) is 29.8 Å². The third-order valence-corrected chi connectivity index (χ3v) is 7.33. The molecule has 1 heterocycles. The molecule has 42 heavy (non-hydrogen) atoms. The molecule has 8 nitrogen and oxygen atoms in total. The van der Waals surface area contributed by atoms with Crippen LogP contribution < -0.4 is 15.5 Å². The Morgan fingerprint density at radius 1 is 0.833 bits per heavy atom. The summed E-state index contributed by atoms with van der Waals surface area (Å²) >= 11 is 6.17. The molecule has 0 bridgehead atoms. The van der Waals surface area contributed by atoms with Gasteiger partial charge in [-0.15, -0.1) is 0 Å². The lowest BCUT2D eigenvalue weighted by molar-refractivity contribution is -0.137. The smallest absolute Gasteiger partial charge is 0.367 e. The minimum atomic E-state index is -4.51. The van der Waals surface area contributed by atoms with E-state index in [1.165, 1.54) is 17.0 Å². The number of benzene rings is 3. The number of carbonyl (C=O) groups excluding carboxylic acids is 3. The standard InChI is InChI=1S/C30H31ClF3N5O3/c1-3-37(4-2)28(41)24-19-22(35-27(40)23-10-5-6-11-25(23)31)12-13-26(24)38-14-16-39(17-15-38)29(42)36-21-9-7-8-20(18-21)30(32,33)34/h5-13,18-19H,3-4,14-17H2,1-2H3,(H,35,40)(H,36,42). The zero-order valence-electron chi connectivity index (χ0n) is 23.2. The maximum atomic E-state index is 13.5. The van der Waals surface area contributed by atoms with Gasteiger partial charge in [0.05, 0.1) is 21.7 Å². The number of rotatable bonds is 7. The summed E-state index contributed by atoms with van der Waals surface area (Å²) in [7, 11) is 0. The largest absolute Gasteiger partial charge is 0.416 e. The summed E-state index contributed by atoms with van der Waals surface area (Å²) in [5.74, 6) is -0.608. The second-order valence-corrected chi connectivity index (χ2v) is 10.0. The third kappa shape index (κ3) is 7.14. The van der Waals surface area contributed by atoms with E-state index in [1.807, 2.05) is 18.7 Å². The zero-order valence-corrected chi connectivity index (χ0v) is 23.9. The van der Waals surface area contributed by atoms with Gasteiger partial charge in [0.25, 0.3) is 11.8 Å². The molecule has 4 amide bonds. The van der Waals surface area contributed by atoms with Crippen molar-refractivity contribution in [1.29, 1.82) is 0 Å². The second-order valence-electron chi connectivity index (χ2n) is 9.63. The molecule has 3 aromatic rings. The highest BCUT2D eigenvalue weighted by Crippen LogP contribution is 2.31. The average molecular weight is 602 g/mol. The van der Waals surface area contributed by atoms with Gasteiger partial charge in [-0.25, -0.2) is 4.79 Å². The van der Waals surface area contributed by atoms with Gasteiger partial charge in [-0.3, -0.25) is 9.59 Å². The van der Waals surface area contributed by atoms with Crippen LogP contribution in [0.5, 0.6) is 0 Å². The van der Waals surface area contributed by atoms with E-state index < -0.39 is 23.7 Å². The fourth-order valence-corrected chi connectivity index (χ4v) is 4.93. The van der Waals surface area contributed by atoms with Crippen LogP contribution in [0.3, 0.4) is 0 Å². The highest BCUT2D eigenvalue weighted by molar-refractivity contribution is 6.34. The van der Waals surface area contributed by atoms with Crippen molar-refractivity contribution in [2.45, 2.75) is 20.0 Å². The first kappa shape index (κ1) is 30.7. The minimum absolute atomic E-state index is 0.0544. The van der Waals surface area contributed by atoms with E-state index in [2.05, 4.69) is 10.6 Å². The van der Waals surface area contributed by atoms with Crippen molar-refractivity contribution in [3.05, 3.63) is 88.4 Å². The van der Waals surface area contributed by atoms with Gasteiger partial charge < -0.3 is 25.3 Å². The molecule has 0 radical (unpaired) electrons. The van der Waals surface area contributed by atoms with Crippen molar-refractivity contribution in [3.63, 3.8) is 0 Å². The number of piperazine rings is 1. The number of hydrogen-bond donors (Lipinski definition) is 2. The predicted molar refractivity (Wildman–Crippen MR) is 157 cm³/mol. The number of halogens is 4. The molecule has 1 fully saturated rings. The number of nitrogens with zero attached hydrogens (tertiary/aromatic N) is 3. The van der Waals surface area contributed by atoms with Crippen LogP contribution in [0.25, 0.3) is 0 Å². The maximum absolute atomic E-state index is 13.5. The van der Waals surface area contributed by atoms with Crippen LogP contribution >= 0.6 is 11.6 Å². The molecule has 0 saturated carbocycles. The molecule has 12 heteroatoms. The molecule has 1 aliphatic rings. The Morgan fingerprint density at radius 3 is 2.14 bits per heavy atom. The number of amides is 4. The molecule has 4 rings (SSSR count). The first-order chi connectivity index (χ1) is 20.0. The van der Waals surface area contributed by atoms with Gasteiger partial charge >= 0.3 is 12.2 Å². The first-order valence-corrected chi connectivity index (χ1v) is 13.9. The van der Waals surface area contributed by atoms with Crippen molar-refractivity contribution in [1.82, 2.24) is 9.80 Å². The Kier molecular flexibility index (Phi) is 9.62. The Balaban J connectivity index is 1.50. The summed E-state index contributed by atoms with van der Waals surface area (Å²) < 4.78 is 39.1. The lowest BCUT2D eigenvalue weighted by Gasteiger charge is -2.37. The molecular weight excluding hydrogens is 571 g/mol. The molecule has 1 saturated heterocycles. The van der Waals surface area contributed by atoms with Gasteiger partial charge in [0, 0.05) is 56.3 Å². The molecule has 0 atom stereocenters. The number of hydrogen-bond acceptors (Lipinski definition) is 4. The van der Waals surface area contributed by atoms with Crippen LogP contribution in [0.1, 0.15) is 40.1 Å². The Labute approximate surface area is 247 Å². The third-order valence-electron chi connectivity index (χ3n) is 7.00. The molecule has 3 aromatic carbocycles. The van der Waals surface area contributed by atoms with E-state index in [0.29, 0.717) is 53.7 Å². The minimum Gasteiger partial charge on any atom is -0.367 e. The first-order valence-electron chi connectivity index (χ1n) is 13.5. The second kappa shape index (κ2) is 13.2. The van der Waals surface area contributed by atoms with Crippen LogP contribution in [0.15, 0.2) is 66.7 Å². The van der Waals surface area contributed by atoms with Crippen molar-refractivity contribution >= 4 is 46.5 Å². The Morgan fingerprint density at radius 2 is 1.50 bits per heavy atom. The SMILES string of the molecule is CCN(CC)C(=O)c1cc(NC(=O)c2ccccc2Cl)ccc1N1CCN(C(=O)Nc2cccc(C(F)(F)F)c2)CC1. The average Bonchev–Trinajstić information content (AvgIpc) is 2.97. The van der Waals surface area contributed by atoms with Crippen LogP contribution in [-0.4, -0.2) is 66.9 Å². The summed E-state index contributed by atoms with van der Waals surface area (Å²) in [6.07, 6.45) is -4.51. The summed E-state index contributed by atoms with van der Waals surface area (Å²) in [4.78, 5) is 44.3. The molecule has 0 spiro atoms. The summed E-state index contributed by atoms with van der Waals surface area (Å²) in [5.41, 5.74) is 0.997. The number of alkyl halides is 3. The summed E-state index contributed by atoms with van der Waals surface area (Å²) in [6.45, 7) is 6.10.